The Morgan fingerprint density at radius 2 is 1.54 bits per heavy atom. The third-order valence-corrected chi connectivity index (χ3v) is 4.80. The number of aromatic nitrogens is 2. The number of hydrogen-bond acceptors (Lipinski definition) is 4. The summed E-state index contributed by atoms with van der Waals surface area (Å²) >= 11 is 0. The van der Waals surface area contributed by atoms with Crippen LogP contribution in [0.1, 0.15) is 62.4 Å². The molecule has 5 heteroatoms. The highest BCUT2D eigenvalue weighted by molar-refractivity contribution is 5.93. The molecule has 0 bridgehead atoms. The van der Waals surface area contributed by atoms with Gasteiger partial charge >= 0.3 is 0 Å². The Morgan fingerprint density at radius 3 is 2.08 bits per heavy atom. The fourth-order valence-electron chi connectivity index (χ4n) is 3.14. The second-order valence-corrected chi connectivity index (χ2v) is 7.95. The van der Waals surface area contributed by atoms with Crippen molar-refractivity contribution in [3.63, 3.8) is 0 Å². The van der Waals surface area contributed by atoms with Crippen LogP contribution >= 0.6 is 0 Å². The minimum absolute atomic E-state index is 0.0352. The van der Waals surface area contributed by atoms with Gasteiger partial charge in [-0.15, -0.1) is 0 Å². The van der Waals surface area contributed by atoms with Gasteiger partial charge in [0.2, 0.25) is 5.95 Å². The number of benzene rings is 1. The van der Waals surface area contributed by atoms with Crippen LogP contribution in [-0.2, 0) is 5.41 Å². The number of rotatable bonds is 3. The SMILES string of the molecule is CC(C)(C)c1ccc(Nc2ncc(C(=O)N3CCCCCC3)cn2)cc1. The lowest BCUT2D eigenvalue weighted by molar-refractivity contribution is 0.0761. The molecule has 5 nitrogen and oxygen atoms in total. The summed E-state index contributed by atoms with van der Waals surface area (Å²) in [6.45, 7) is 8.24. The summed E-state index contributed by atoms with van der Waals surface area (Å²) in [5.74, 6) is 0.536. The highest BCUT2D eigenvalue weighted by Gasteiger charge is 2.18. The van der Waals surface area contributed by atoms with E-state index in [1.54, 1.807) is 12.4 Å². The van der Waals surface area contributed by atoms with E-state index in [1.165, 1.54) is 18.4 Å². The Hall–Kier alpha value is -2.43. The van der Waals surface area contributed by atoms with E-state index < -0.39 is 0 Å². The minimum Gasteiger partial charge on any atom is -0.339 e. The summed E-state index contributed by atoms with van der Waals surface area (Å²) in [6, 6.07) is 8.28. The summed E-state index contributed by atoms with van der Waals surface area (Å²) in [5.41, 5.74) is 2.90. The fraction of sp³-hybridized carbons (Fsp3) is 0.476. The van der Waals surface area contributed by atoms with E-state index in [9.17, 15) is 4.79 Å². The minimum atomic E-state index is 0.0352. The topological polar surface area (TPSA) is 58.1 Å². The van der Waals surface area contributed by atoms with Crippen molar-refractivity contribution in [2.75, 3.05) is 18.4 Å². The Kier molecular flexibility index (Phi) is 5.55. The average molecular weight is 352 g/mol. The number of carbonyl (C=O) groups is 1. The second kappa shape index (κ2) is 7.85. The Morgan fingerprint density at radius 1 is 0.962 bits per heavy atom. The zero-order valence-corrected chi connectivity index (χ0v) is 16.0. The van der Waals surface area contributed by atoms with E-state index in [-0.39, 0.29) is 11.3 Å². The van der Waals surface area contributed by atoms with Crippen molar-refractivity contribution in [3.05, 3.63) is 47.8 Å². The number of hydrogen-bond donors (Lipinski definition) is 1. The first-order valence-electron chi connectivity index (χ1n) is 9.42. The number of likely N-dealkylation sites (tertiary alicyclic amines) is 1. The lowest BCUT2D eigenvalue weighted by Crippen LogP contribution is -2.32. The number of nitrogens with one attached hydrogen (secondary N) is 1. The molecule has 1 amide bonds. The van der Waals surface area contributed by atoms with E-state index in [4.69, 9.17) is 0 Å². The molecule has 0 saturated carbocycles. The van der Waals surface area contributed by atoms with Crippen LogP contribution in [0.4, 0.5) is 11.6 Å². The highest BCUT2D eigenvalue weighted by Crippen LogP contribution is 2.24. The van der Waals surface area contributed by atoms with E-state index >= 15 is 0 Å². The lowest BCUT2D eigenvalue weighted by atomic mass is 9.87. The maximum absolute atomic E-state index is 12.6. The van der Waals surface area contributed by atoms with Gasteiger partial charge in [-0.05, 0) is 36.0 Å². The summed E-state index contributed by atoms with van der Waals surface area (Å²) in [4.78, 5) is 23.1. The molecule has 2 aromatic rings. The van der Waals surface area contributed by atoms with Crippen LogP contribution in [0.15, 0.2) is 36.7 Å². The monoisotopic (exact) mass is 352 g/mol. The van der Waals surface area contributed by atoms with Crippen LogP contribution in [0.2, 0.25) is 0 Å². The summed E-state index contributed by atoms with van der Waals surface area (Å²) in [6.07, 6.45) is 7.81. The molecule has 1 aliphatic heterocycles. The van der Waals surface area contributed by atoms with Crippen LogP contribution < -0.4 is 5.32 Å². The Balaban J connectivity index is 1.65. The van der Waals surface area contributed by atoms with Crippen molar-refractivity contribution in [1.82, 2.24) is 14.9 Å². The van der Waals surface area contributed by atoms with Gasteiger partial charge in [-0.1, -0.05) is 45.7 Å². The molecule has 2 heterocycles. The molecule has 0 aliphatic carbocycles. The van der Waals surface area contributed by atoms with Crippen molar-refractivity contribution in [2.45, 2.75) is 51.9 Å². The van der Waals surface area contributed by atoms with Gasteiger partial charge in [0.25, 0.3) is 5.91 Å². The number of carbonyl (C=O) groups excluding carboxylic acids is 1. The van der Waals surface area contributed by atoms with Crippen LogP contribution in [0.3, 0.4) is 0 Å². The standard InChI is InChI=1S/C21H28N4O/c1-21(2,3)17-8-10-18(11-9-17)24-20-22-14-16(15-23-20)19(26)25-12-6-4-5-7-13-25/h8-11,14-15H,4-7,12-13H2,1-3H3,(H,22,23,24). The Bertz CT molecular complexity index is 724. The Labute approximate surface area is 155 Å². The van der Waals surface area contributed by atoms with Crippen LogP contribution in [-0.4, -0.2) is 33.9 Å². The molecule has 0 radical (unpaired) electrons. The van der Waals surface area contributed by atoms with E-state index in [2.05, 4.69) is 48.2 Å². The predicted octanol–water partition coefficient (Wildman–Crippen LogP) is 4.53. The molecular weight excluding hydrogens is 324 g/mol. The van der Waals surface area contributed by atoms with Crippen molar-refractivity contribution in [1.29, 1.82) is 0 Å². The molecule has 1 saturated heterocycles. The van der Waals surface area contributed by atoms with Crippen molar-refractivity contribution in [2.24, 2.45) is 0 Å². The molecule has 1 aromatic heterocycles. The molecule has 1 fully saturated rings. The molecule has 0 atom stereocenters. The van der Waals surface area contributed by atoms with Gasteiger partial charge in [0.15, 0.2) is 0 Å². The van der Waals surface area contributed by atoms with Gasteiger partial charge in [-0.2, -0.15) is 0 Å². The molecule has 26 heavy (non-hydrogen) atoms. The molecule has 1 N–H and O–H groups in total. The van der Waals surface area contributed by atoms with Crippen LogP contribution in [0.5, 0.6) is 0 Å². The summed E-state index contributed by atoms with van der Waals surface area (Å²) in [5, 5.41) is 3.19. The smallest absolute Gasteiger partial charge is 0.256 e. The molecule has 3 rings (SSSR count). The molecule has 1 aromatic carbocycles. The maximum Gasteiger partial charge on any atom is 0.256 e. The van der Waals surface area contributed by atoms with E-state index in [0.29, 0.717) is 11.5 Å². The first-order chi connectivity index (χ1) is 12.4. The molecule has 138 valence electrons. The van der Waals surface area contributed by atoms with E-state index in [0.717, 1.165) is 31.6 Å². The van der Waals surface area contributed by atoms with Crippen LogP contribution in [0, 0.1) is 0 Å². The average Bonchev–Trinajstić information content (AvgIpc) is 2.91. The van der Waals surface area contributed by atoms with Gasteiger partial charge in [-0.25, -0.2) is 9.97 Å². The van der Waals surface area contributed by atoms with Crippen LogP contribution in [0.25, 0.3) is 0 Å². The predicted molar refractivity (Wildman–Crippen MR) is 105 cm³/mol. The largest absolute Gasteiger partial charge is 0.339 e. The fourth-order valence-corrected chi connectivity index (χ4v) is 3.14. The van der Waals surface area contributed by atoms with Gasteiger partial charge in [-0.3, -0.25) is 4.79 Å². The third kappa shape index (κ3) is 4.59. The van der Waals surface area contributed by atoms with Gasteiger partial charge in [0.1, 0.15) is 0 Å². The van der Waals surface area contributed by atoms with Crippen molar-refractivity contribution in [3.8, 4) is 0 Å². The molecule has 1 aliphatic rings. The quantitative estimate of drug-likeness (QED) is 0.881. The zero-order chi connectivity index (χ0) is 18.6. The van der Waals surface area contributed by atoms with Gasteiger partial charge in [0.05, 0.1) is 5.56 Å². The molecular formula is C21H28N4O. The van der Waals surface area contributed by atoms with Gasteiger partial charge < -0.3 is 10.2 Å². The normalized spacial score (nSPS) is 15.4. The van der Waals surface area contributed by atoms with E-state index in [1.807, 2.05) is 17.0 Å². The van der Waals surface area contributed by atoms with Crippen molar-refractivity contribution < 1.29 is 4.79 Å². The molecule has 0 unspecified atom stereocenters. The second-order valence-electron chi connectivity index (χ2n) is 7.95. The van der Waals surface area contributed by atoms with Crippen molar-refractivity contribution >= 4 is 17.5 Å². The number of nitrogens with zero attached hydrogens (tertiary/aromatic N) is 3. The first-order valence-corrected chi connectivity index (χ1v) is 9.42. The highest BCUT2D eigenvalue weighted by atomic mass is 16.2. The zero-order valence-electron chi connectivity index (χ0n) is 16.0. The maximum atomic E-state index is 12.6. The third-order valence-electron chi connectivity index (χ3n) is 4.80. The summed E-state index contributed by atoms with van der Waals surface area (Å²) < 4.78 is 0. The van der Waals surface area contributed by atoms with Gasteiger partial charge in [0, 0.05) is 31.2 Å². The molecule has 0 spiro atoms. The first kappa shape index (κ1) is 18.4. The summed E-state index contributed by atoms with van der Waals surface area (Å²) in [7, 11) is 0. The number of amides is 1. The lowest BCUT2D eigenvalue weighted by Gasteiger charge is -2.20. The number of anilines is 2.